The quantitative estimate of drug-likeness (QED) is 0.525. The predicted octanol–water partition coefficient (Wildman–Crippen LogP) is 2.18. The third-order valence-corrected chi connectivity index (χ3v) is 4.30. The maximum absolute atomic E-state index is 12.1. The predicted molar refractivity (Wildman–Crippen MR) is 113 cm³/mol. The number of carbonyl (C=O) groups is 3. The molecule has 0 aliphatic heterocycles. The van der Waals surface area contributed by atoms with Crippen LogP contribution < -0.4 is 26.0 Å². The minimum atomic E-state index is -0.405. The third kappa shape index (κ3) is 6.39. The Bertz CT molecular complexity index is 917. The minimum Gasteiger partial charge on any atom is -0.495 e. The molecule has 0 saturated carbocycles. The SMILES string of the molecule is CNC(=O)c1ccc(Cl)c(NCC(=O)NCC(=O)Nc2cc(C)ccc2OC)c1. The highest BCUT2D eigenvalue weighted by Crippen LogP contribution is 2.25. The molecule has 0 saturated heterocycles. The molecule has 29 heavy (non-hydrogen) atoms. The maximum atomic E-state index is 12.1. The molecule has 0 unspecified atom stereocenters. The standard InChI is InChI=1S/C20H23ClN4O4/c1-12-4-7-17(29-3)16(8-12)25-19(27)11-24-18(26)10-23-15-9-13(20(28)22-2)5-6-14(15)21/h4-9,23H,10-11H2,1-3H3,(H,22,28)(H,24,26)(H,25,27). The lowest BCUT2D eigenvalue weighted by Crippen LogP contribution is -2.36. The van der Waals surface area contributed by atoms with Crippen molar-refractivity contribution in [3.63, 3.8) is 0 Å². The Labute approximate surface area is 174 Å². The zero-order valence-electron chi connectivity index (χ0n) is 16.4. The van der Waals surface area contributed by atoms with Crippen LogP contribution in [-0.2, 0) is 9.59 Å². The number of benzene rings is 2. The number of anilines is 2. The summed E-state index contributed by atoms with van der Waals surface area (Å²) in [6.07, 6.45) is 0. The van der Waals surface area contributed by atoms with Crippen LogP contribution in [0.3, 0.4) is 0 Å². The first-order valence-corrected chi connectivity index (χ1v) is 9.18. The molecule has 2 aromatic carbocycles. The number of nitrogens with one attached hydrogen (secondary N) is 4. The Balaban J connectivity index is 1.87. The van der Waals surface area contributed by atoms with E-state index in [0.29, 0.717) is 27.7 Å². The van der Waals surface area contributed by atoms with Gasteiger partial charge in [0.15, 0.2) is 0 Å². The van der Waals surface area contributed by atoms with Crippen molar-refractivity contribution in [3.05, 3.63) is 52.5 Å². The van der Waals surface area contributed by atoms with E-state index in [9.17, 15) is 14.4 Å². The second kappa shape index (κ2) is 10.3. The Hall–Kier alpha value is -3.26. The lowest BCUT2D eigenvalue weighted by Gasteiger charge is -2.12. The van der Waals surface area contributed by atoms with Crippen LogP contribution in [0.2, 0.25) is 5.02 Å². The molecule has 0 spiro atoms. The summed E-state index contributed by atoms with van der Waals surface area (Å²) in [5, 5.41) is 11.0. The molecule has 8 nitrogen and oxygen atoms in total. The molecule has 2 aromatic rings. The first-order chi connectivity index (χ1) is 13.8. The largest absolute Gasteiger partial charge is 0.495 e. The summed E-state index contributed by atoms with van der Waals surface area (Å²) in [4.78, 5) is 35.8. The molecule has 9 heteroatoms. The lowest BCUT2D eigenvalue weighted by atomic mass is 10.2. The van der Waals surface area contributed by atoms with Crippen LogP contribution in [0.4, 0.5) is 11.4 Å². The molecular weight excluding hydrogens is 396 g/mol. The van der Waals surface area contributed by atoms with Gasteiger partial charge < -0.3 is 26.0 Å². The third-order valence-electron chi connectivity index (χ3n) is 3.97. The van der Waals surface area contributed by atoms with Crippen LogP contribution in [0.1, 0.15) is 15.9 Å². The van der Waals surface area contributed by atoms with Gasteiger partial charge in [0.2, 0.25) is 11.8 Å². The van der Waals surface area contributed by atoms with Gasteiger partial charge in [-0.3, -0.25) is 14.4 Å². The van der Waals surface area contributed by atoms with Crippen LogP contribution in [0.15, 0.2) is 36.4 Å². The fourth-order valence-electron chi connectivity index (χ4n) is 2.48. The van der Waals surface area contributed by atoms with Gasteiger partial charge in [0.25, 0.3) is 5.91 Å². The van der Waals surface area contributed by atoms with E-state index >= 15 is 0 Å². The molecule has 0 aromatic heterocycles. The summed E-state index contributed by atoms with van der Waals surface area (Å²) in [7, 11) is 3.03. The van der Waals surface area contributed by atoms with Gasteiger partial charge >= 0.3 is 0 Å². The molecular formula is C20H23ClN4O4. The zero-order chi connectivity index (χ0) is 21.4. The number of ether oxygens (including phenoxy) is 1. The summed E-state index contributed by atoms with van der Waals surface area (Å²) >= 11 is 6.08. The molecule has 0 atom stereocenters. The number of rotatable bonds is 8. The van der Waals surface area contributed by atoms with Gasteiger partial charge in [0.05, 0.1) is 36.6 Å². The number of hydrogen-bond acceptors (Lipinski definition) is 5. The van der Waals surface area contributed by atoms with Crippen molar-refractivity contribution >= 4 is 40.7 Å². The van der Waals surface area contributed by atoms with Gasteiger partial charge in [-0.2, -0.15) is 0 Å². The zero-order valence-corrected chi connectivity index (χ0v) is 17.1. The highest BCUT2D eigenvalue weighted by atomic mass is 35.5. The summed E-state index contributed by atoms with van der Waals surface area (Å²) < 4.78 is 5.21. The smallest absolute Gasteiger partial charge is 0.251 e. The summed E-state index contributed by atoms with van der Waals surface area (Å²) in [5.41, 5.74) is 2.34. The number of amides is 3. The number of carbonyl (C=O) groups excluding carboxylic acids is 3. The highest BCUT2D eigenvalue weighted by molar-refractivity contribution is 6.33. The molecule has 0 bridgehead atoms. The number of hydrogen-bond donors (Lipinski definition) is 4. The van der Waals surface area contributed by atoms with Crippen molar-refractivity contribution in [3.8, 4) is 5.75 Å². The van der Waals surface area contributed by atoms with E-state index < -0.39 is 5.91 Å². The fraction of sp³-hybridized carbons (Fsp3) is 0.250. The van der Waals surface area contributed by atoms with Crippen molar-refractivity contribution in [1.29, 1.82) is 0 Å². The number of halogens is 1. The first kappa shape index (κ1) is 22.0. The molecule has 154 valence electrons. The molecule has 4 N–H and O–H groups in total. The van der Waals surface area contributed by atoms with E-state index in [4.69, 9.17) is 16.3 Å². The van der Waals surface area contributed by atoms with Gasteiger partial charge in [-0.1, -0.05) is 17.7 Å². The van der Waals surface area contributed by atoms with Crippen molar-refractivity contribution < 1.29 is 19.1 Å². The van der Waals surface area contributed by atoms with Gasteiger partial charge in [0.1, 0.15) is 5.75 Å². The van der Waals surface area contributed by atoms with Gasteiger partial charge in [-0.15, -0.1) is 0 Å². The van der Waals surface area contributed by atoms with Crippen LogP contribution in [0.25, 0.3) is 0 Å². The molecule has 0 fully saturated rings. The fourth-order valence-corrected chi connectivity index (χ4v) is 2.66. The van der Waals surface area contributed by atoms with Crippen molar-refractivity contribution in [1.82, 2.24) is 10.6 Å². The van der Waals surface area contributed by atoms with Crippen LogP contribution >= 0.6 is 11.6 Å². The van der Waals surface area contributed by atoms with Gasteiger partial charge in [-0.05, 0) is 42.8 Å². The Morgan fingerprint density at radius 3 is 2.45 bits per heavy atom. The van der Waals surface area contributed by atoms with Crippen molar-refractivity contribution in [2.24, 2.45) is 0 Å². The molecule has 0 aliphatic rings. The van der Waals surface area contributed by atoms with Crippen molar-refractivity contribution in [2.75, 3.05) is 37.9 Å². The number of aryl methyl sites for hydroxylation is 1. The summed E-state index contributed by atoms with van der Waals surface area (Å²) in [5.74, 6) is -0.528. The van der Waals surface area contributed by atoms with E-state index in [0.717, 1.165) is 5.56 Å². The minimum absolute atomic E-state index is 0.113. The van der Waals surface area contributed by atoms with Gasteiger partial charge in [-0.25, -0.2) is 0 Å². The van der Waals surface area contributed by atoms with Gasteiger partial charge in [0, 0.05) is 12.6 Å². The van der Waals surface area contributed by atoms with E-state index in [1.54, 1.807) is 30.3 Å². The number of methoxy groups -OCH3 is 1. The second-order valence-corrected chi connectivity index (χ2v) is 6.56. The second-order valence-electron chi connectivity index (χ2n) is 6.16. The Morgan fingerprint density at radius 2 is 1.76 bits per heavy atom. The van der Waals surface area contributed by atoms with E-state index in [1.807, 2.05) is 13.0 Å². The Kier molecular flexibility index (Phi) is 7.85. The molecule has 2 rings (SSSR count). The normalized spacial score (nSPS) is 10.1. The van der Waals surface area contributed by atoms with Crippen molar-refractivity contribution in [2.45, 2.75) is 6.92 Å². The average molecular weight is 419 g/mol. The molecule has 0 radical (unpaired) electrons. The molecule has 3 amide bonds. The highest BCUT2D eigenvalue weighted by Gasteiger charge is 2.11. The first-order valence-electron chi connectivity index (χ1n) is 8.80. The van der Waals surface area contributed by atoms with E-state index in [-0.39, 0.29) is 24.9 Å². The lowest BCUT2D eigenvalue weighted by molar-refractivity contribution is -0.122. The van der Waals surface area contributed by atoms with Crippen LogP contribution in [0.5, 0.6) is 5.75 Å². The molecule has 0 heterocycles. The maximum Gasteiger partial charge on any atom is 0.251 e. The Morgan fingerprint density at radius 1 is 1.00 bits per heavy atom. The van der Waals surface area contributed by atoms with Crippen LogP contribution in [-0.4, -0.2) is 45.0 Å². The van der Waals surface area contributed by atoms with E-state index in [2.05, 4.69) is 21.3 Å². The van der Waals surface area contributed by atoms with Crippen LogP contribution in [0, 0.1) is 6.92 Å². The topological polar surface area (TPSA) is 109 Å². The van der Waals surface area contributed by atoms with E-state index in [1.165, 1.54) is 14.2 Å². The molecule has 0 aliphatic carbocycles. The monoisotopic (exact) mass is 418 g/mol. The average Bonchev–Trinajstić information content (AvgIpc) is 2.71. The summed E-state index contributed by atoms with van der Waals surface area (Å²) in [6, 6.07) is 10.1. The summed E-state index contributed by atoms with van der Waals surface area (Å²) in [6.45, 7) is 1.58.